The van der Waals surface area contributed by atoms with Crippen LogP contribution in [0.25, 0.3) is 0 Å². The highest BCUT2D eigenvalue weighted by Crippen LogP contribution is 2.11. The van der Waals surface area contributed by atoms with Gasteiger partial charge in [-0.15, -0.1) is 0 Å². The summed E-state index contributed by atoms with van der Waals surface area (Å²) >= 11 is 0. The van der Waals surface area contributed by atoms with Crippen molar-refractivity contribution in [1.82, 2.24) is 0 Å². The van der Waals surface area contributed by atoms with Crippen molar-refractivity contribution in [2.75, 3.05) is 7.11 Å². The topological polar surface area (TPSA) is 18.5 Å². The van der Waals surface area contributed by atoms with Crippen LogP contribution in [0.4, 0.5) is 0 Å². The number of rotatable bonds is 5. The van der Waals surface area contributed by atoms with Crippen molar-refractivity contribution in [3.05, 3.63) is 30.3 Å². The molecule has 0 aliphatic carbocycles. The minimum absolute atomic E-state index is 0.925. The van der Waals surface area contributed by atoms with Gasteiger partial charge < -0.3 is 8.85 Å². The van der Waals surface area contributed by atoms with Gasteiger partial charge >= 0.3 is 9.28 Å². The molecule has 72 valence electrons. The lowest BCUT2D eigenvalue weighted by atomic mass is 10.3. The van der Waals surface area contributed by atoms with Crippen LogP contribution in [0, 0.1) is 0 Å². The van der Waals surface area contributed by atoms with Gasteiger partial charge in [0.1, 0.15) is 5.75 Å². The first-order chi connectivity index (χ1) is 6.36. The summed E-state index contributed by atoms with van der Waals surface area (Å²) in [5.41, 5.74) is 0. The normalized spacial score (nSPS) is 12.5. The van der Waals surface area contributed by atoms with Crippen molar-refractivity contribution in [3.63, 3.8) is 0 Å². The first kappa shape index (κ1) is 10.3. The van der Waals surface area contributed by atoms with Gasteiger partial charge in [0.2, 0.25) is 0 Å². The molecule has 0 radical (unpaired) electrons. The summed E-state index contributed by atoms with van der Waals surface area (Å²) in [4.78, 5) is 0. The highest BCUT2D eigenvalue weighted by atomic mass is 28.3. The maximum absolute atomic E-state index is 5.72. The summed E-state index contributed by atoms with van der Waals surface area (Å²) in [6.07, 6.45) is 1.12. The van der Waals surface area contributed by atoms with E-state index in [1.807, 2.05) is 30.3 Å². The Kier molecular flexibility index (Phi) is 4.57. The molecule has 1 rings (SSSR count). The fourth-order valence-electron chi connectivity index (χ4n) is 1.11. The van der Waals surface area contributed by atoms with Gasteiger partial charge in [0.15, 0.2) is 0 Å². The van der Waals surface area contributed by atoms with Gasteiger partial charge in [-0.3, -0.25) is 0 Å². The van der Waals surface area contributed by atoms with Crippen LogP contribution in [-0.4, -0.2) is 16.4 Å². The second kappa shape index (κ2) is 5.78. The van der Waals surface area contributed by atoms with Crippen LogP contribution in [0.2, 0.25) is 6.04 Å². The number of benzene rings is 1. The van der Waals surface area contributed by atoms with E-state index in [1.165, 1.54) is 0 Å². The van der Waals surface area contributed by atoms with Crippen molar-refractivity contribution < 1.29 is 8.85 Å². The molecule has 0 saturated heterocycles. The van der Waals surface area contributed by atoms with Crippen LogP contribution in [0.1, 0.15) is 13.3 Å². The molecule has 13 heavy (non-hydrogen) atoms. The highest BCUT2D eigenvalue weighted by molar-refractivity contribution is 6.45. The summed E-state index contributed by atoms with van der Waals surface area (Å²) in [6.45, 7) is 2.15. The first-order valence-corrected chi connectivity index (χ1v) is 6.37. The molecule has 0 N–H and O–H groups in total. The van der Waals surface area contributed by atoms with E-state index < -0.39 is 9.28 Å². The maximum atomic E-state index is 5.72. The summed E-state index contributed by atoms with van der Waals surface area (Å²) < 4.78 is 11.0. The third-order valence-corrected chi connectivity index (χ3v) is 3.91. The van der Waals surface area contributed by atoms with Crippen molar-refractivity contribution >= 4 is 9.28 Å². The molecule has 0 aromatic heterocycles. The molecule has 1 unspecified atom stereocenters. The highest BCUT2D eigenvalue weighted by Gasteiger charge is 2.11. The lowest BCUT2D eigenvalue weighted by Gasteiger charge is -2.14. The van der Waals surface area contributed by atoms with Gasteiger partial charge in [0.05, 0.1) is 0 Å². The molecular formula is C10H16O2Si. The minimum atomic E-state index is -1.44. The summed E-state index contributed by atoms with van der Waals surface area (Å²) in [5.74, 6) is 0.925. The van der Waals surface area contributed by atoms with Crippen molar-refractivity contribution in [1.29, 1.82) is 0 Å². The summed E-state index contributed by atoms with van der Waals surface area (Å²) in [6, 6.07) is 10.9. The molecule has 0 fully saturated rings. The Morgan fingerprint density at radius 1 is 1.23 bits per heavy atom. The molecular weight excluding hydrogens is 180 g/mol. The average Bonchev–Trinajstić information content (AvgIpc) is 2.19. The van der Waals surface area contributed by atoms with Crippen LogP contribution in [0.5, 0.6) is 5.75 Å². The maximum Gasteiger partial charge on any atom is 0.382 e. The molecule has 3 heteroatoms. The smallest absolute Gasteiger partial charge is 0.382 e. The standard InChI is InChI=1S/C10H16O2Si/c1-3-9-13(11-2)12-10-7-5-4-6-8-10/h4-8,13H,3,9H2,1-2H3. The van der Waals surface area contributed by atoms with Crippen molar-refractivity contribution in [2.24, 2.45) is 0 Å². The van der Waals surface area contributed by atoms with E-state index in [0.29, 0.717) is 0 Å². The van der Waals surface area contributed by atoms with E-state index in [1.54, 1.807) is 7.11 Å². The van der Waals surface area contributed by atoms with Gasteiger partial charge in [0.25, 0.3) is 0 Å². The predicted molar refractivity (Wildman–Crippen MR) is 56.3 cm³/mol. The molecule has 0 saturated carbocycles. The van der Waals surface area contributed by atoms with E-state index in [-0.39, 0.29) is 0 Å². The average molecular weight is 196 g/mol. The van der Waals surface area contributed by atoms with Gasteiger partial charge in [-0.25, -0.2) is 0 Å². The third kappa shape index (κ3) is 3.61. The Bertz CT molecular complexity index is 226. The molecule has 0 heterocycles. The molecule has 1 atom stereocenters. The van der Waals surface area contributed by atoms with Gasteiger partial charge in [-0.2, -0.15) is 0 Å². The van der Waals surface area contributed by atoms with Gasteiger partial charge in [0, 0.05) is 7.11 Å². The van der Waals surface area contributed by atoms with E-state index in [2.05, 4.69) is 6.92 Å². The molecule has 0 spiro atoms. The van der Waals surface area contributed by atoms with Crippen molar-refractivity contribution in [3.8, 4) is 5.75 Å². The zero-order valence-electron chi connectivity index (χ0n) is 8.19. The lowest BCUT2D eigenvalue weighted by Crippen LogP contribution is -2.23. The van der Waals surface area contributed by atoms with Gasteiger partial charge in [-0.1, -0.05) is 31.5 Å². The molecule has 1 aromatic carbocycles. The zero-order chi connectivity index (χ0) is 9.52. The molecule has 0 aliphatic heterocycles. The number of para-hydroxylation sites is 1. The quantitative estimate of drug-likeness (QED) is 0.673. The van der Waals surface area contributed by atoms with Crippen LogP contribution in [0.3, 0.4) is 0 Å². The Hall–Kier alpha value is -0.803. The molecule has 2 nitrogen and oxygen atoms in total. The SMILES string of the molecule is CCC[SiH](OC)Oc1ccccc1. The van der Waals surface area contributed by atoms with Gasteiger partial charge in [-0.05, 0) is 18.2 Å². The van der Waals surface area contributed by atoms with Crippen LogP contribution < -0.4 is 4.43 Å². The van der Waals surface area contributed by atoms with E-state index in [0.717, 1.165) is 18.2 Å². The summed E-state index contributed by atoms with van der Waals surface area (Å²) in [7, 11) is 0.292. The van der Waals surface area contributed by atoms with E-state index in [9.17, 15) is 0 Å². The van der Waals surface area contributed by atoms with Crippen LogP contribution in [-0.2, 0) is 4.43 Å². The first-order valence-electron chi connectivity index (χ1n) is 4.61. The van der Waals surface area contributed by atoms with Crippen LogP contribution in [0.15, 0.2) is 30.3 Å². The Balaban J connectivity index is 2.46. The number of hydrogen-bond donors (Lipinski definition) is 0. The fourth-order valence-corrected chi connectivity index (χ4v) is 2.49. The molecule has 1 aromatic rings. The fraction of sp³-hybridized carbons (Fsp3) is 0.400. The molecule has 0 bridgehead atoms. The molecule has 0 aliphatic rings. The largest absolute Gasteiger partial charge is 0.522 e. The zero-order valence-corrected chi connectivity index (χ0v) is 9.35. The lowest BCUT2D eigenvalue weighted by molar-refractivity contribution is 0.333. The van der Waals surface area contributed by atoms with Crippen molar-refractivity contribution in [2.45, 2.75) is 19.4 Å². The predicted octanol–water partition coefficient (Wildman–Crippen LogP) is 2.34. The summed E-state index contributed by atoms with van der Waals surface area (Å²) in [5, 5.41) is 0. The van der Waals surface area contributed by atoms with Crippen LogP contribution >= 0.6 is 0 Å². The Labute approximate surface area is 81.3 Å². The molecule has 0 amide bonds. The minimum Gasteiger partial charge on any atom is -0.522 e. The Morgan fingerprint density at radius 2 is 1.92 bits per heavy atom. The second-order valence-corrected chi connectivity index (χ2v) is 5.03. The second-order valence-electron chi connectivity index (χ2n) is 2.88. The Morgan fingerprint density at radius 3 is 2.46 bits per heavy atom. The number of hydrogen-bond acceptors (Lipinski definition) is 2. The van der Waals surface area contributed by atoms with E-state index in [4.69, 9.17) is 8.85 Å². The monoisotopic (exact) mass is 196 g/mol. The third-order valence-electron chi connectivity index (χ3n) is 1.80. The van der Waals surface area contributed by atoms with E-state index >= 15 is 0 Å².